The summed E-state index contributed by atoms with van der Waals surface area (Å²) < 4.78 is 45.6. The number of piperazine rings is 1. The molecule has 2 fully saturated rings. The summed E-state index contributed by atoms with van der Waals surface area (Å²) in [5, 5.41) is 6.25. The summed E-state index contributed by atoms with van der Waals surface area (Å²) >= 11 is 0. The van der Waals surface area contributed by atoms with E-state index in [4.69, 9.17) is 0 Å². The minimum Gasteiger partial charge on any atom is -0.435 e. The lowest BCUT2D eigenvalue weighted by molar-refractivity contribution is -0.140. The van der Waals surface area contributed by atoms with Gasteiger partial charge in [0.05, 0.1) is 17.8 Å². The Kier molecular flexibility index (Phi) is 8.38. The lowest BCUT2D eigenvalue weighted by Gasteiger charge is -2.38. The summed E-state index contributed by atoms with van der Waals surface area (Å²) in [5.41, 5.74) is 4.12. The van der Waals surface area contributed by atoms with Crippen LogP contribution in [0.25, 0.3) is 16.9 Å². The third-order valence-corrected chi connectivity index (χ3v) is 8.13. The number of fused-ring (bicyclic) bond motifs is 1. The van der Waals surface area contributed by atoms with Crippen LogP contribution < -0.4 is 15.4 Å². The summed E-state index contributed by atoms with van der Waals surface area (Å²) in [6, 6.07) is 11.7. The van der Waals surface area contributed by atoms with E-state index in [2.05, 4.69) is 25.3 Å². The van der Waals surface area contributed by atoms with E-state index < -0.39 is 18.7 Å². The number of amides is 2. The van der Waals surface area contributed by atoms with Crippen LogP contribution in [0.2, 0.25) is 0 Å². The van der Waals surface area contributed by atoms with Gasteiger partial charge in [0.2, 0.25) is 5.91 Å². The third-order valence-electron chi connectivity index (χ3n) is 8.13. The van der Waals surface area contributed by atoms with Crippen LogP contribution in [0.1, 0.15) is 22.3 Å². The van der Waals surface area contributed by atoms with E-state index in [1.807, 2.05) is 17.4 Å². The van der Waals surface area contributed by atoms with Crippen LogP contribution in [0.15, 0.2) is 61.1 Å². The van der Waals surface area contributed by atoms with Gasteiger partial charge in [0.25, 0.3) is 5.91 Å². The van der Waals surface area contributed by atoms with Gasteiger partial charge in [-0.2, -0.15) is 8.78 Å². The van der Waals surface area contributed by atoms with Gasteiger partial charge in [-0.15, -0.1) is 0 Å². The number of carbonyl (C=O) groups is 2. The number of anilines is 2. The average Bonchev–Trinajstić information content (AvgIpc) is 3.46. The molecule has 13 heteroatoms. The Morgan fingerprint density at radius 3 is 2.50 bits per heavy atom. The molecule has 4 aromatic rings. The Hall–Kier alpha value is -4.65. The SMILES string of the molecule is Cc1cc(Nc2nccn3c(-c4ccc(OC(F)F)cc4)cnc23)ccc1C(=O)N1CCN(C(=O)C2CCNCC2F)CC1. The van der Waals surface area contributed by atoms with Crippen molar-refractivity contribution in [2.24, 2.45) is 5.92 Å². The Morgan fingerprint density at radius 2 is 1.80 bits per heavy atom. The molecule has 10 nitrogen and oxygen atoms in total. The monoisotopic (exact) mass is 607 g/mol. The fraction of sp³-hybridized carbons (Fsp3) is 0.355. The summed E-state index contributed by atoms with van der Waals surface area (Å²) in [7, 11) is 0. The molecule has 2 amide bonds. The molecule has 2 atom stereocenters. The molecule has 2 N–H and O–H groups in total. The Labute approximate surface area is 251 Å². The van der Waals surface area contributed by atoms with Crippen molar-refractivity contribution < 1.29 is 27.5 Å². The van der Waals surface area contributed by atoms with Crippen molar-refractivity contribution in [1.82, 2.24) is 29.5 Å². The number of nitrogens with one attached hydrogen (secondary N) is 2. The normalized spacial score (nSPS) is 18.9. The summed E-state index contributed by atoms with van der Waals surface area (Å²) in [5.74, 6) is -0.325. The quantitative estimate of drug-likeness (QED) is 0.323. The van der Waals surface area contributed by atoms with Crippen molar-refractivity contribution in [1.29, 1.82) is 0 Å². The second kappa shape index (κ2) is 12.5. The second-order valence-corrected chi connectivity index (χ2v) is 10.9. The maximum Gasteiger partial charge on any atom is 0.387 e. The highest BCUT2D eigenvalue weighted by atomic mass is 19.3. The van der Waals surface area contributed by atoms with E-state index >= 15 is 0 Å². The molecule has 0 aliphatic carbocycles. The highest BCUT2D eigenvalue weighted by molar-refractivity contribution is 5.96. The first-order valence-electron chi connectivity index (χ1n) is 14.5. The van der Waals surface area contributed by atoms with Gasteiger partial charge in [-0.1, -0.05) is 0 Å². The molecule has 230 valence electrons. The van der Waals surface area contributed by atoms with Crippen LogP contribution in [-0.2, 0) is 4.79 Å². The molecule has 2 aromatic carbocycles. The van der Waals surface area contributed by atoms with Gasteiger partial charge < -0.3 is 25.2 Å². The molecule has 0 spiro atoms. The van der Waals surface area contributed by atoms with Crippen LogP contribution in [0.4, 0.5) is 24.7 Å². The first-order valence-corrected chi connectivity index (χ1v) is 14.5. The molecule has 2 aliphatic heterocycles. The molecular formula is C31H32F3N7O3. The standard InChI is InChI=1S/C31H32F3N7O3/c1-19-16-21(4-7-23(19)29(42)39-12-14-40(15-13-39)30(43)24-8-9-35-17-25(24)32)38-27-28-37-18-26(41(28)11-10-36-27)20-2-5-22(6-3-20)44-31(33)34/h2-7,10-11,16,18,24-25,31,35H,8-9,12-15,17H2,1H3,(H,36,38). The van der Waals surface area contributed by atoms with Crippen LogP contribution >= 0.6 is 0 Å². The van der Waals surface area contributed by atoms with Crippen molar-refractivity contribution in [3.63, 3.8) is 0 Å². The Balaban J connectivity index is 1.11. The van der Waals surface area contributed by atoms with E-state index in [0.29, 0.717) is 56.2 Å². The van der Waals surface area contributed by atoms with Gasteiger partial charge in [0.1, 0.15) is 11.9 Å². The summed E-state index contributed by atoms with van der Waals surface area (Å²) in [6.07, 6.45) is 4.36. The molecular weight excluding hydrogens is 575 g/mol. The zero-order valence-corrected chi connectivity index (χ0v) is 24.1. The number of hydrogen-bond donors (Lipinski definition) is 2. The molecule has 4 heterocycles. The van der Waals surface area contributed by atoms with E-state index in [1.54, 1.807) is 52.7 Å². The number of nitrogens with zero attached hydrogens (tertiary/aromatic N) is 5. The number of rotatable bonds is 7. The van der Waals surface area contributed by atoms with Gasteiger partial charge in [0, 0.05) is 61.9 Å². The largest absolute Gasteiger partial charge is 0.435 e. The molecule has 2 aliphatic rings. The van der Waals surface area contributed by atoms with Crippen LogP contribution in [0.3, 0.4) is 0 Å². The Morgan fingerprint density at radius 1 is 1.05 bits per heavy atom. The number of halogens is 3. The molecule has 6 rings (SSSR count). The zero-order chi connectivity index (χ0) is 30.8. The lowest BCUT2D eigenvalue weighted by atomic mass is 9.94. The summed E-state index contributed by atoms with van der Waals surface area (Å²) in [6.45, 7) is 1.35. The average molecular weight is 608 g/mol. The number of aryl methyl sites for hydroxylation is 1. The van der Waals surface area contributed by atoms with E-state index in [0.717, 1.165) is 22.5 Å². The highest BCUT2D eigenvalue weighted by Gasteiger charge is 2.35. The maximum absolute atomic E-state index is 14.3. The number of piperidine rings is 1. The van der Waals surface area contributed by atoms with Gasteiger partial charge in [0.15, 0.2) is 11.5 Å². The first-order chi connectivity index (χ1) is 21.3. The minimum absolute atomic E-state index is 0.0696. The molecule has 0 radical (unpaired) electrons. The topological polar surface area (TPSA) is 104 Å². The van der Waals surface area contributed by atoms with Crippen molar-refractivity contribution >= 4 is 29.0 Å². The maximum atomic E-state index is 14.3. The lowest BCUT2D eigenvalue weighted by Crippen LogP contribution is -2.54. The number of hydrogen-bond acceptors (Lipinski definition) is 7. The number of imidazole rings is 1. The number of carbonyl (C=O) groups excluding carboxylic acids is 2. The van der Waals surface area contributed by atoms with E-state index in [-0.39, 0.29) is 24.1 Å². The number of ether oxygens (including phenoxy) is 1. The molecule has 2 saturated heterocycles. The van der Waals surface area contributed by atoms with Crippen molar-refractivity contribution in [2.45, 2.75) is 26.1 Å². The number of alkyl halides is 3. The molecule has 2 unspecified atom stereocenters. The van der Waals surface area contributed by atoms with Gasteiger partial charge in [-0.05, 0) is 67.9 Å². The first kappa shape index (κ1) is 29.4. The van der Waals surface area contributed by atoms with Crippen molar-refractivity contribution in [3.05, 3.63) is 72.2 Å². The van der Waals surface area contributed by atoms with E-state index in [9.17, 15) is 22.8 Å². The number of aromatic nitrogens is 3. The highest BCUT2D eigenvalue weighted by Crippen LogP contribution is 2.28. The van der Waals surface area contributed by atoms with Crippen molar-refractivity contribution in [3.8, 4) is 17.0 Å². The molecule has 0 bridgehead atoms. The summed E-state index contributed by atoms with van der Waals surface area (Å²) in [4.78, 5) is 38.6. The fourth-order valence-corrected chi connectivity index (χ4v) is 5.78. The van der Waals surface area contributed by atoms with Gasteiger partial charge >= 0.3 is 6.61 Å². The zero-order valence-electron chi connectivity index (χ0n) is 24.1. The second-order valence-electron chi connectivity index (χ2n) is 10.9. The van der Waals surface area contributed by atoms with Crippen LogP contribution in [0.5, 0.6) is 5.75 Å². The minimum atomic E-state index is -2.89. The fourth-order valence-electron chi connectivity index (χ4n) is 5.78. The smallest absolute Gasteiger partial charge is 0.387 e. The number of benzene rings is 2. The van der Waals surface area contributed by atoms with Gasteiger partial charge in [-0.25, -0.2) is 14.4 Å². The predicted octanol–water partition coefficient (Wildman–Crippen LogP) is 4.28. The Bertz CT molecular complexity index is 1660. The molecule has 44 heavy (non-hydrogen) atoms. The predicted molar refractivity (Wildman–Crippen MR) is 158 cm³/mol. The van der Waals surface area contributed by atoms with Crippen LogP contribution in [0, 0.1) is 12.8 Å². The van der Waals surface area contributed by atoms with Crippen LogP contribution in [-0.4, -0.2) is 88.0 Å². The van der Waals surface area contributed by atoms with E-state index in [1.165, 1.54) is 12.1 Å². The molecule has 2 aromatic heterocycles. The third kappa shape index (κ3) is 6.05. The van der Waals surface area contributed by atoms with Crippen molar-refractivity contribution in [2.75, 3.05) is 44.6 Å². The molecule has 0 saturated carbocycles. The van der Waals surface area contributed by atoms with Gasteiger partial charge in [-0.3, -0.25) is 14.0 Å².